The minimum atomic E-state index is -1.28. The molecule has 3 heteroatoms. The fourth-order valence-electron chi connectivity index (χ4n) is 0.636. The normalized spacial score (nSPS) is 13.7. The van der Waals surface area contributed by atoms with Crippen molar-refractivity contribution in [3.8, 4) is 0 Å². The van der Waals surface area contributed by atoms with Gasteiger partial charge in [0.25, 0.3) is 0 Å². The van der Waals surface area contributed by atoms with Crippen LogP contribution in [0.3, 0.4) is 0 Å². The maximum Gasteiger partial charge on any atom is 0.187 e. The molecular formula is C9H14O3. The first-order valence-corrected chi connectivity index (χ1v) is 3.67. The third-order valence-electron chi connectivity index (χ3n) is 1.68. The molecule has 1 unspecified atom stereocenters. The highest BCUT2D eigenvalue weighted by Crippen LogP contribution is 2.19. The first kappa shape index (κ1) is 11.0. The Balaban J connectivity index is 4.60. The fraction of sp³-hybridized carbons (Fsp3) is 0.556. The van der Waals surface area contributed by atoms with Gasteiger partial charge in [0.15, 0.2) is 5.78 Å². The molecule has 0 heterocycles. The van der Waals surface area contributed by atoms with Crippen molar-refractivity contribution in [2.24, 2.45) is 5.41 Å². The molecule has 1 N–H and O–H groups in total. The second-order valence-electron chi connectivity index (χ2n) is 3.49. The van der Waals surface area contributed by atoms with E-state index in [1.807, 2.05) is 0 Å². The van der Waals surface area contributed by atoms with Gasteiger partial charge in [-0.2, -0.15) is 0 Å². The van der Waals surface area contributed by atoms with Gasteiger partial charge in [-0.3, -0.25) is 4.79 Å². The van der Waals surface area contributed by atoms with E-state index >= 15 is 0 Å². The molecule has 0 aromatic heterocycles. The number of hydrogen-bond acceptors (Lipinski definition) is 3. The van der Waals surface area contributed by atoms with E-state index in [0.29, 0.717) is 6.29 Å². The average Bonchev–Trinajstić information content (AvgIpc) is 2.01. The van der Waals surface area contributed by atoms with Gasteiger partial charge in [0.2, 0.25) is 0 Å². The van der Waals surface area contributed by atoms with Gasteiger partial charge in [0.05, 0.1) is 5.41 Å². The molecule has 0 spiro atoms. The fourth-order valence-corrected chi connectivity index (χ4v) is 0.636. The highest BCUT2D eigenvalue weighted by atomic mass is 16.3. The lowest BCUT2D eigenvalue weighted by Crippen LogP contribution is -2.37. The molecule has 0 fully saturated rings. The van der Waals surface area contributed by atoms with E-state index in [1.54, 1.807) is 0 Å². The lowest BCUT2D eigenvalue weighted by molar-refractivity contribution is -0.135. The van der Waals surface area contributed by atoms with Crippen LogP contribution in [0.25, 0.3) is 0 Å². The van der Waals surface area contributed by atoms with Crippen LogP contribution < -0.4 is 0 Å². The Hall–Kier alpha value is -0.960. The number of carbonyl (C=O) groups excluding carboxylic acids is 2. The van der Waals surface area contributed by atoms with Crippen LogP contribution in [0.1, 0.15) is 20.8 Å². The first-order valence-electron chi connectivity index (χ1n) is 3.67. The minimum Gasteiger partial charge on any atom is -0.384 e. The molecule has 0 radical (unpaired) electrons. The average molecular weight is 170 g/mol. The van der Waals surface area contributed by atoms with E-state index in [0.717, 1.165) is 0 Å². The molecule has 0 amide bonds. The number of Topliss-reactive ketones (excluding diaryl/α,β-unsaturated/α-hetero) is 1. The highest BCUT2D eigenvalue weighted by Gasteiger charge is 2.33. The van der Waals surface area contributed by atoms with Gasteiger partial charge in [0.1, 0.15) is 12.4 Å². The van der Waals surface area contributed by atoms with E-state index in [1.165, 1.54) is 20.8 Å². The van der Waals surface area contributed by atoms with Crippen LogP contribution in [0.5, 0.6) is 0 Å². The van der Waals surface area contributed by atoms with Gasteiger partial charge in [-0.15, -0.1) is 0 Å². The Morgan fingerprint density at radius 2 is 2.00 bits per heavy atom. The van der Waals surface area contributed by atoms with Crippen molar-refractivity contribution in [3.63, 3.8) is 0 Å². The Kier molecular flexibility index (Phi) is 3.34. The van der Waals surface area contributed by atoms with Gasteiger partial charge < -0.3 is 9.90 Å². The van der Waals surface area contributed by atoms with Gasteiger partial charge >= 0.3 is 0 Å². The molecule has 0 aliphatic heterocycles. The molecule has 3 nitrogen and oxygen atoms in total. The van der Waals surface area contributed by atoms with Crippen molar-refractivity contribution in [1.29, 1.82) is 0 Å². The Labute approximate surface area is 72.1 Å². The first-order chi connectivity index (χ1) is 5.33. The Bertz CT molecular complexity index is 216. The highest BCUT2D eigenvalue weighted by molar-refractivity contribution is 5.99. The zero-order valence-corrected chi connectivity index (χ0v) is 7.63. The second kappa shape index (κ2) is 3.63. The standard InChI is InChI=1S/C9H14O3/c1-6(2)7(11)8(12)9(3,4)5-10/h5,8,12H,1H2,2-4H3. The Morgan fingerprint density at radius 3 is 2.25 bits per heavy atom. The molecule has 0 aliphatic rings. The number of hydrogen-bond donors (Lipinski definition) is 1. The van der Waals surface area contributed by atoms with Crippen molar-refractivity contribution >= 4 is 12.1 Å². The van der Waals surface area contributed by atoms with Crippen LogP contribution in [0.15, 0.2) is 12.2 Å². The summed E-state index contributed by atoms with van der Waals surface area (Å²) in [5, 5.41) is 9.37. The zero-order chi connectivity index (χ0) is 9.94. The number of carbonyl (C=O) groups is 2. The van der Waals surface area contributed by atoms with Gasteiger partial charge in [-0.1, -0.05) is 20.4 Å². The van der Waals surface area contributed by atoms with Crippen LogP contribution in [0, 0.1) is 5.41 Å². The van der Waals surface area contributed by atoms with Gasteiger partial charge in [0, 0.05) is 0 Å². The summed E-state index contributed by atoms with van der Waals surface area (Å²) in [4.78, 5) is 21.6. The monoisotopic (exact) mass is 170 g/mol. The van der Waals surface area contributed by atoms with Crippen molar-refractivity contribution in [3.05, 3.63) is 12.2 Å². The molecule has 12 heavy (non-hydrogen) atoms. The summed E-state index contributed by atoms with van der Waals surface area (Å²) in [5.74, 6) is -0.480. The molecule has 0 rings (SSSR count). The number of aldehydes is 1. The SMILES string of the molecule is C=C(C)C(=O)C(O)C(C)(C)C=O. The summed E-state index contributed by atoms with van der Waals surface area (Å²) in [6.07, 6.45) is -0.717. The van der Waals surface area contributed by atoms with Crippen molar-refractivity contribution < 1.29 is 14.7 Å². The number of aliphatic hydroxyl groups is 1. The third kappa shape index (κ3) is 2.27. The van der Waals surface area contributed by atoms with Crippen molar-refractivity contribution in [2.75, 3.05) is 0 Å². The molecular weight excluding hydrogens is 156 g/mol. The summed E-state index contributed by atoms with van der Waals surface area (Å²) in [6.45, 7) is 7.92. The lowest BCUT2D eigenvalue weighted by atomic mass is 9.84. The molecule has 0 bridgehead atoms. The number of aliphatic hydroxyl groups excluding tert-OH is 1. The predicted molar refractivity (Wildman–Crippen MR) is 45.7 cm³/mol. The largest absolute Gasteiger partial charge is 0.384 e. The zero-order valence-electron chi connectivity index (χ0n) is 7.63. The van der Waals surface area contributed by atoms with Crippen LogP contribution in [-0.4, -0.2) is 23.3 Å². The summed E-state index contributed by atoms with van der Waals surface area (Å²) in [6, 6.07) is 0. The lowest BCUT2D eigenvalue weighted by Gasteiger charge is -2.22. The van der Waals surface area contributed by atoms with Crippen LogP contribution in [-0.2, 0) is 9.59 Å². The number of rotatable bonds is 4. The summed E-state index contributed by atoms with van der Waals surface area (Å²) in [7, 11) is 0. The van der Waals surface area contributed by atoms with Crippen molar-refractivity contribution in [1.82, 2.24) is 0 Å². The van der Waals surface area contributed by atoms with E-state index in [4.69, 9.17) is 0 Å². The quantitative estimate of drug-likeness (QED) is 0.499. The maximum absolute atomic E-state index is 11.1. The smallest absolute Gasteiger partial charge is 0.187 e. The van der Waals surface area contributed by atoms with E-state index in [2.05, 4.69) is 6.58 Å². The molecule has 0 aromatic rings. The molecule has 1 atom stereocenters. The summed E-state index contributed by atoms with van der Waals surface area (Å²) >= 11 is 0. The number of ketones is 1. The Morgan fingerprint density at radius 1 is 1.58 bits per heavy atom. The second-order valence-corrected chi connectivity index (χ2v) is 3.49. The molecule has 0 aromatic carbocycles. The van der Waals surface area contributed by atoms with Gasteiger partial charge in [-0.05, 0) is 12.5 Å². The van der Waals surface area contributed by atoms with Crippen molar-refractivity contribution in [2.45, 2.75) is 26.9 Å². The van der Waals surface area contributed by atoms with Crippen LogP contribution in [0.4, 0.5) is 0 Å². The molecule has 0 saturated heterocycles. The minimum absolute atomic E-state index is 0.262. The van der Waals surface area contributed by atoms with E-state index < -0.39 is 17.3 Å². The third-order valence-corrected chi connectivity index (χ3v) is 1.68. The van der Waals surface area contributed by atoms with Crippen LogP contribution in [0.2, 0.25) is 0 Å². The molecule has 0 saturated carbocycles. The van der Waals surface area contributed by atoms with E-state index in [9.17, 15) is 14.7 Å². The van der Waals surface area contributed by atoms with Crippen LogP contribution >= 0.6 is 0 Å². The van der Waals surface area contributed by atoms with Gasteiger partial charge in [-0.25, -0.2) is 0 Å². The topological polar surface area (TPSA) is 54.4 Å². The maximum atomic E-state index is 11.1. The molecule has 68 valence electrons. The van der Waals surface area contributed by atoms with E-state index in [-0.39, 0.29) is 5.57 Å². The molecule has 0 aliphatic carbocycles. The summed E-state index contributed by atoms with van der Waals surface area (Å²) in [5.41, 5.74) is -0.770. The predicted octanol–water partition coefficient (Wildman–Crippen LogP) is 0.718. The summed E-state index contributed by atoms with van der Waals surface area (Å²) < 4.78 is 0.